The van der Waals surface area contributed by atoms with E-state index in [-0.39, 0.29) is 50.8 Å². The molecule has 0 unspecified atom stereocenters. The number of hydrogen-bond donors (Lipinski definition) is 0. The van der Waals surface area contributed by atoms with Crippen molar-refractivity contribution < 1.29 is 56.4 Å². The monoisotopic (exact) mass is 510 g/mol. The third kappa shape index (κ3) is 11.5. The van der Waals surface area contributed by atoms with Crippen molar-refractivity contribution in [2.45, 2.75) is 0 Å². The number of benzene rings is 2. The van der Waals surface area contributed by atoms with Crippen LogP contribution in [0.15, 0.2) is 48.5 Å². The van der Waals surface area contributed by atoms with E-state index in [9.17, 15) is 28.0 Å². The summed E-state index contributed by atoms with van der Waals surface area (Å²) in [5.41, 5.74) is 0.209. The molecule has 0 aromatic heterocycles. The SMILES string of the molecule is O=C(COC(=O)c1ccc(F)cc1)OCCOCCOCCOC(=O)COC(=O)c1ccc(F)cc1. The summed E-state index contributed by atoms with van der Waals surface area (Å²) < 4.78 is 55.2. The smallest absolute Gasteiger partial charge is 0.344 e. The molecule has 2 rings (SSSR count). The van der Waals surface area contributed by atoms with Gasteiger partial charge in [0.1, 0.15) is 24.8 Å². The molecule has 0 heterocycles. The summed E-state index contributed by atoms with van der Waals surface area (Å²) in [7, 11) is 0. The zero-order valence-corrected chi connectivity index (χ0v) is 19.1. The molecule has 2 aromatic rings. The zero-order valence-electron chi connectivity index (χ0n) is 19.1. The number of ether oxygens (including phenoxy) is 6. The predicted octanol–water partition coefficient (Wildman–Crippen LogP) is 2.10. The third-order valence-electron chi connectivity index (χ3n) is 4.16. The number of hydrogen-bond acceptors (Lipinski definition) is 10. The average molecular weight is 510 g/mol. The average Bonchev–Trinajstić information content (AvgIpc) is 2.87. The van der Waals surface area contributed by atoms with Gasteiger partial charge >= 0.3 is 23.9 Å². The molecule has 0 amide bonds. The topological polar surface area (TPSA) is 124 Å². The van der Waals surface area contributed by atoms with Gasteiger partial charge in [0.25, 0.3) is 0 Å². The van der Waals surface area contributed by atoms with Crippen LogP contribution in [0, 0.1) is 11.6 Å². The summed E-state index contributed by atoms with van der Waals surface area (Å²) in [5, 5.41) is 0. The Morgan fingerprint density at radius 2 is 0.833 bits per heavy atom. The van der Waals surface area contributed by atoms with E-state index in [1.165, 1.54) is 24.3 Å². The molecule has 0 N–H and O–H groups in total. The van der Waals surface area contributed by atoms with Crippen LogP contribution in [0.4, 0.5) is 8.78 Å². The van der Waals surface area contributed by atoms with Crippen molar-refractivity contribution in [2.75, 3.05) is 52.9 Å². The maximum absolute atomic E-state index is 12.8. The first-order valence-corrected chi connectivity index (χ1v) is 10.7. The standard InChI is InChI=1S/C24H24F2O10/c25-19-5-1-17(2-6-19)23(29)35-15-21(27)33-13-11-31-9-10-32-12-14-34-22(28)16-36-24(30)18-3-7-20(26)8-4-18/h1-8H,9-16H2. The van der Waals surface area contributed by atoms with E-state index in [2.05, 4.69) is 0 Å². The van der Waals surface area contributed by atoms with Gasteiger partial charge in [-0.25, -0.2) is 28.0 Å². The van der Waals surface area contributed by atoms with E-state index in [0.29, 0.717) is 0 Å². The highest BCUT2D eigenvalue weighted by atomic mass is 19.1. The number of rotatable bonds is 15. The molecule has 12 heteroatoms. The first kappa shape index (κ1) is 28.3. The lowest BCUT2D eigenvalue weighted by molar-refractivity contribution is -0.150. The second kappa shape index (κ2) is 15.9. The van der Waals surface area contributed by atoms with Gasteiger partial charge in [-0.15, -0.1) is 0 Å². The van der Waals surface area contributed by atoms with E-state index in [4.69, 9.17) is 28.4 Å². The van der Waals surface area contributed by atoms with E-state index >= 15 is 0 Å². The molecule has 0 aliphatic heterocycles. The third-order valence-corrected chi connectivity index (χ3v) is 4.16. The fourth-order valence-corrected chi connectivity index (χ4v) is 2.42. The molecule has 194 valence electrons. The molecule has 0 saturated heterocycles. The Hall–Kier alpha value is -3.90. The summed E-state index contributed by atoms with van der Waals surface area (Å²) in [5.74, 6) is -4.10. The molecule has 0 fully saturated rings. The van der Waals surface area contributed by atoms with E-state index in [1.807, 2.05) is 0 Å². The normalized spacial score (nSPS) is 10.4. The van der Waals surface area contributed by atoms with Crippen molar-refractivity contribution in [1.82, 2.24) is 0 Å². The first-order valence-electron chi connectivity index (χ1n) is 10.7. The van der Waals surface area contributed by atoms with Crippen LogP contribution in [-0.2, 0) is 38.0 Å². The van der Waals surface area contributed by atoms with Gasteiger partial charge < -0.3 is 28.4 Å². The predicted molar refractivity (Wildman–Crippen MR) is 117 cm³/mol. The second-order valence-electron chi connectivity index (χ2n) is 6.83. The van der Waals surface area contributed by atoms with Gasteiger partial charge in [-0.3, -0.25) is 0 Å². The Morgan fingerprint density at radius 3 is 1.19 bits per heavy atom. The Kier molecular flexibility index (Phi) is 12.5. The number of carbonyl (C=O) groups excluding carboxylic acids is 4. The molecular weight excluding hydrogens is 486 g/mol. The van der Waals surface area contributed by atoms with Gasteiger partial charge in [0.15, 0.2) is 13.2 Å². The van der Waals surface area contributed by atoms with E-state index in [0.717, 1.165) is 24.3 Å². The van der Waals surface area contributed by atoms with Gasteiger partial charge in [-0.05, 0) is 48.5 Å². The molecular formula is C24H24F2O10. The molecule has 0 spiro atoms. The minimum atomic E-state index is -0.781. The molecule has 0 radical (unpaired) electrons. The molecule has 0 bridgehead atoms. The van der Waals surface area contributed by atoms with Crippen LogP contribution in [0.5, 0.6) is 0 Å². The van der Waals surface area contributed by atoms with Crippen molar-refractivity contribution in [3.63, 3.8) is 0 Å². The molecule has 0 atom stereocenters. The lowest BCUT2D eigenvalue weighted by Gasteiger charge is -2.08. The van der Waals surface area contributed by atoms with Crippen molar-refractivity contribution in [1.29, 1.82) is 0 Å². The summed E-state index contributed by atoms with van der Waals surface area (Å²) in [6.45, 7) is -0.805. The highest BCUT2D eigenvalue weighted by Crippen LogP contribution is 2.05. The quantitative estimate of drug-likeness (QED) is 0.200. The molecule has 0 saturated carbocycles. The van der Waals surface area contributed by atoms with Crippen LogP contribution < -0.4 is 0 Å². The van der Waals surface area contributed by atoms with Crippen LogP contribution in [0.2, 0.25) is 0 Å². The van der Waals surface area contributed by atoms with Gasteiger partial charge in [0.05, 0.1) is 37.6 Å². The van der Waals surface area contributed by atoms with Crippen LogP contribution in [0.1, 0.15) is 20.7 Å². The summed E-state index contributed by atoms with van der Waals surface area (Å²) in [4.78, 5) is 46.5. The number of halogens is 2. The van der Waals surface area contributed by atoms with Crippen LogP contribution in [0.3, 0.4) is 0 Å². The van der Waals surface area contributed by atoms with Crippen LogP contribution >= 0.6 is 0 Å². The highest BCUT2D eigenvalue weighted by Gasteiger charge is 2.12. The lowest BCUT2D eigenvalue weighted by atomic mass is 10.2. The largest absolute Gasteiger partial charge is 0.461 e. The molecule has 36 heavy (non-hydrogen) atoms. The van der Waals surface area contributed by atoms with Gasteiger partial charge in [-0.2, -0.15) is 0 Å². The Labute approximate surface area is 205 Å². The minimum absolute atomic E-state index is 0.0683. The molecule has 10 nitrogen and oxygen atoms in total. The van der Waals surface area contributed by atoms with Crippen molar-refractivity contribution in [3.8, 4) is 0 Å². The van der Waals surface area contributed by atoms with E-state index in [1.54, 1.807) is 0 Å². The number of carbonyl (C=O) groups is 4. The second-order valence-corrected chi connectivity index (χ2v) is 6.83. The van der Waals surface area contributed by atoms with Gasteiger partial charge in [0, 0.05) is 0 Å². The highest BCUT2D eigenvalue weighted by molar-refractivity contribution is 5.91. The maximum Gasteiger partial charge on any atom is 0.344 e. The van der Waals surface area contributed by atoms with Crippen LogP contribution in [-0.4, -0.2) is 76.7 Å². The lowest BCUT2D eigenvalue weighted by Crippen LogP contribution is -2.20. The van der Waals surface area contributed by atoms with Crippen molar-refractivity contribution >= 4 is 23.9 Å². The van der Waals surface area contributed by atoms with Gasteiger partial charge in [0.2, 0.25) is 0 Å². The summed E-state index contributed by atoms with van der Waals surface area (Å²) in [6.07, 6.45) is 0. The Balaban J connectivity index is 1.40. The molecule has 2 aromatic carbocycles. The molecule has 0 aliphatic rings. The van der Waals surface area contributed by atoms with Crippen LogP contribution in [0.25, 0.3) is 0 Å². The minimum Gasteiger partial charge on any atom is -0.461 e. The first-order chi connectivity index (χ1) is 17.3. The Bertz CT molecular complexity index is 911. The fourth-order valence-electron chi connectivity index (χ4n) is 2.42. The number of esters is 4. The summed E-state index contributed by atoms with van der Waals surface area (Å²) in [6, 6.07) is 9.33. The maximum atomic E-state index is 12.8. The van der Waals surface area contributed by atoms with Crippen molar-refractivity contribution in [3.05, 3.63) is 71.3 Å². The molecule has 0 aliphatic carbocycles. The zero-order chi connectivity index (χ0) is 26.2. The fraction of sp³-hybridized carbons (Fsp3) is 0.333. The Morgan fingerprint density at radius 1 is 0.500 bits per heavy atom. The summed E-state index contributed by atoms with van der Waals surface area (Å²) >= 11 is 0. The van der Waals surface area contributed by atoms with Crippen molar-refractivity contribution in [2.24, 2.45) is 0 Å². The van der Waals surface area contributed by atoms with Gasteiger partial charge in [-0.1, -0.05) is 0 Å². The van der Waals surface area contributed by atoms with E-state index < -0.39 is 48.7 Å².